The first kappa shape index (κ1) is 16.5. The fourth-order valence-corrected chi connectivity index (χ4v) is 2.62. The van der Waals surface area contributed by atoms with E-state index in [-0.39, 0.29) is 11.7 Å². The number of ether oxygens (including phenoxy) is 1. The van der Waals surface area contributed by atoms with Crippen LogP contribution >= 0.6 is 0 Å². The number of rotatable bonds is 6. The molecule has 0 saturated carbocycles. The molecule has 0 atom stereocenters. The van der Waals surface area contributed by atoms with Crippen LogP contribution in [0.1, 0.15) is 12.8 Å². The SMILES string of the molecule is NC1=NN=C(CCCN2CCOCC2)/C1=N\Nc1cccc(F)c1. The number of hydrogen-bond donors (Lipinski definition) is 2. The van der Waals surface area contributed by atoms with E-state index in [1.165, 1.54) is 12.1 Å². The highest BCUT2D eigenvalue weighted by atomic mass is 19.1. The van der Waals surface area contributed by atoms with Crippen molar-refractivity contribution >= 4 is 22.9 Å². The van der Waals surface area contributed by atoms with Crippen molar-refractivity contribution in [1.29, 1.82) is 0 Å². The lowest BCUT2D eigenvalue weighted by Gasteiger charge is -2.26. The predicted octanol–water partition coefficient (Wildman–Crippen LogP) is 1.43. The molecule has 8 heteroatoms. The first-order chi connectivity index (χ1) is 11.7. The number of morpholine rings is 1. The lowest BCUT2D eigenvalue weighted by atomic mass is 10.1. The summed E-state index contributed by atoms with van der Waals surface area (Å²) < 4.78 is 18.5. The van der Waals surface area contributed by atoms with Gasteiger partial charge in [0.05, 0.1) is 24.6 Å². The number of anilines is 1. The van der Waals surface area contributed by atoms with E-state index in [1.54, 1.807) is 12.1 Å². The third kappa shape index (κ3) is 4.36. The van der Waals surface area contributed by atoms with Crippen molar-refractivity contribution < 1.29 is 9.13 Å². The van der Waals surface area contributed by atoms with E-state index in [1.807, 2.05) is 0 Å². The molecule has 2 aliphatic heterocycles. The normalized spacial score (nSPS) is 20.1. The molecule has 1 saturated heterocycles. The number of halogens is 1. The van der Waals surface area contributed by atoms with Crippen LogP contribution in [0.2, 0.25) is 0 Å². The summed E-state index contributed by atoms with van der Waals surface area (Å²) in [4.78, 5) is 2.37. The van der Waals surface area contributed by atoms with Crippen molar-refractivity contribution in [3.63, 3.8) is 0 Å². The molecule has 0 aromatic heterocycles. The maximum absolute atomic E-state index is 13.2. The van der Waals surface area contributed by atoms with Crippen molar-refractivity contribution in [1.82, 2.24) is 4.90 Å². The average Bonchev–Trinajstić information content (AvgIpc) is 2.94. The molecule has 0 spiro atoms. The second-order valence-electron chi connectivity index (χ2n) is 5.67. The summed E-state index contributed by atoms with van der Waals surface area (Å²) in [6.45, 7) is 4.50. The Labute approximate surface area is 140 Å². The number of hydrogen-bond acceptors (Lipinski definition) is 7. The molecule has 1 aromatic carbocycles. The van der Waals surface area contributed by atoms with Crippen LogP contribution in [0.25, 0.3) is 0 Å². The van der Waals surface area contributed by atoms with Crippen molar-refractivity contribution in [2.75, 3.05) is 38.3 Å². The Morgan fingerprint density at radius 1 is 1.29 bits per heavy atom. The molecule has 0 unspecified atom stereocenters. The van der Waals surface area contributed by atoms with Crippen molar-refractivity contribution in [3.05, 3.63) is 30.1 Å². The Morgan fingerprint density at radius 2 is 2.12 bits per heavy atom. The molecule has 7 nitrogen and oxygen atoms in total. The molecular weight excluding hydrogens is 311 g/mol. The highest BCUT2D eigenvalue weighted by Gasteiger charge is 2.20. The summed E-state index contributed by atoms with van der Waals surface area (Å²) in [7, 11) is 0. The van der Waals surface area contributed by atoms with Gasteiger partial charge in [0, 0.05) is 13.1 Å². The maximum atomic E-state index is 13.2. The minimum absolute atomic E-state index is 0.278. The Hall–Kier alpha value is -2.32. The lowest BCUT2D eigenvalue weighted by molar-refractivity contribution is 0.0377. The van der Waals surface area contributed by atoms with Crippen LogP contribution in [0.4, 0.5) is 10.1 Å². The second kappa shape index (κ2) is 7.98. The average molecular weight is 332 g/mol. The van der Waals surface area contributed by atoms with Crippen LogP contribution in [-0.2, 0) is 4.74 Å². The molecule has 1 fully saturated rings. The van der Waals surface area contributed by atoms with Crippen LogP contribution < -0.4 is 11.2 Å². The summed E-state index contributed by atoms with van der Waals surface area (Å²) >= 11 is 0. The van der Waals surface area contributed by atoms with Gasteiger partial charge in [0.1, 0.15) is 5.82 Å². The maximum Gasteiger partial charge on any atom is 0.175 e. The number of nitrogens with one attached hydrogen (secondary N) is 1. The monoisotopic (exact) mass is 332 g/mol. The third-order valence-electron chi connectivity index (χ3n) is 3.91. The largest absolute Gasteiger partial charge is 0.380 e. The van der Waals surface area contributed by atoms with E-state index >= 15 is 0 Å². The Kier molecular flexibility index (Phi) is 5.50. The molecule has 3 N–H and O–H groups in total. The Morgan fingerprint density at radius 3 is 2.92 bits per heavy atom. The van der Waals surface area contributed by atoms with Gasteiger partial charge in [0.15, 0.2) is 11.5 Å². The van der Waals surface area contributed by atoms with Gasteiger partial charge in [-0.15, -0.1) is 5.10 Å². The molecule has 24 heavy (non-hydrogen) atoms. The van der Waals surface area contributed by atoms with E-state index in [0.29, 0.717) is 11.4 Å². The quantitative estimate of drug-likeness (QED) is 0.772. The van der Waals surface area contributed by atoms with E-state index in [0.717, 1.165) is 51.4 Å². The summed E-state index contributed by atoms with van der Waals surface area (Å²) in [6, 6.07) is 6.08. The zero-order valence-electron chi connectivity index (χ0n) is 13.4. The van der Waals surface area contributed by atoms with Gasteiger partial charge >= 0.3 is 0 Å². The van der Waals surface area contributed by atoms with E-state index in [2.05, 4.69) is 25.6 Å². The van der Waals surface area contributed by atoms with Crippen LogP contribution in [0, 0.1) is 5.82 Å². The first-order valence-electron chi connectivity index (χ1n) is 8.02. The Bertz CT molecular complexity index is 666. The highest BCUT2D eigenvalue weighted by Crippen LogP contribution is 2.11. The smallest absolute Gasteiger partial charge is 0.175 e. The van der Waals surface area contributed by atoms with E-state index < -0.39 is 0 Å². The zero-order chi connectivity index (χ0) is 16.8. The minimum atomic E-state index is -0.326. The van der Waals surface area contributed by atoms with Crippen molar-refractivity contribution in [2.24, 2.45) is 21.0 Å². The van der Waals surface area contributed by atoms with Gasteiger partial charge in [-0.05, 0) is 37.6 Å². The summed E-state index contributed by atoms with van der Waals surface area (Å²) in [5, 5.41) is 12.2. The number of hydrazone groups is 1. The highest BCUT2D eigenvalue weighted by molar-refractivity contribution is 6.69. The molecule has 128 valence electrons. The number of benzene rings is 1. The Balaban J connectivity index is 1.54. The topological polar surface area (TPSA) is 87.6 Å². The van der Waals surface area contributed by atoms with Crippen LogP contribution in [-0.4, -0.2) is 55.0 Å². The van der Waals surface area contributed by atoms with Gasteiger partial charge < -0.3 is 10.5 Å². The molecule has 0 radical (unpaired) electrons. The second-order valence-corrected chi connectivity index (χ2v) is 5.67. The van der Waals surface area contributed by atoms with E-state index in [9.17, 15) is 4.39 Å². The van der Waals surface area contributed by atoms with Crippen LogP contribution in [0.3, 0.4) is 0 Å². The predicted molar refractivity (Wildman–Crippen MR) is 93.0 cm³/mol. The van der Waals surface area contributed by atoms with Crippen molar-refractivity contribution in [3.8, 4) is 0 Å². The molecule has 3 rings (SSSR count). The molecule has 1 aromatic rings. The van der Waals surface area contributed by atoms with E-state index in [4.69, 9.17) is 10.5 Å². The number of nitrogens with two attached hydrogens (primary N) is 1. The summed E-state index contributed by atoms with van der Waals surface area (Å²) in [5.74, 6) is -0.0482. The first-order valence-corrected chi connectivity index (χ1v) is 8.02. The lowest BCUT2D eigenvalue weighted by Crippen LogP contribution is -2.37. The number of amidine groups is 1. The molecular formula is C16H21FN6O. The zero-order valence-corrected chi connectivity index (χ0v) is 13.4. The minimum Gasteiger partial charge on any atom is -0.380 e. The van der Waals surface area contributed by atoms with Gasteiger partial charge in [-0.3, -0.25) is 10.3 Å². The molecule has 0 bridgehead atoms. The summed E-state index contributed by atoms with van der Waals surface area (Å²) in [6.07, 6.45) is 1.69. The van der Waals surface area contributed by atoms with Gasteiger partial charge in [0.25, 0.3) is 0 Å². The third-order valence-corrected chi connectivity index (χ3v) is 3.91. The molecule has 0 aliphatic carbocycles. The van der Waals surface area contributed by atoms with Crippen LogP contribution in [0.5, 0.6) is 0 Å². The van der Waals surface area contributed by atoms with Gasteiger partial charge in [-0.2, -0.15) is 10.2 Å². The number of nitrogens with zero attached hydrogens (tertiary/aromatic N) is 4. The van der Waals surface area contributed by atoms with Crippen LogP contribution in [0.15, 0.2) is 39.6 Å². The van der Waals surface area contributed by atoms with Crippen molar-refractivity contribution in [2.45, 2.75) is 12.8 Å². The standard InChI is InChI=1S/C16H21FN6O/c17-12-3-1-4-13(11-12)19-21-15-14(20-22-16(15)18)5-2-6-23-7-9-24-10-8-23/h1,3-4,11,19H,2,5-10H2,(H2,18,21,22). The van der Waals surface area contributed by atoms with Gasteiger partial charge in [-0.1, -0.05) is 6.07 Å². The molecule has 2 aliphatic rings. The van der Waals surface area contributed by atoms with Gasteiger partial charge in [-0.25, -0.2) is 4.39 Å². The van der Waals surface area contributed by atoms with Gasteiger partial charge in [0.2, 0.25) is 0 Å². The summed E-state index contributed by atoms with van der Waals surface area (Å²) in [5.41, 5.74) is 10.5. The fraction of sp³-hybridized carbons (Fsp3) is 0.438. The fourth-order valence-electron chi connectivity index (χ4n) is 2.62. The molecule has 0 amide bonds. The molecule has 2 heterocycles.